The number of fused-ring (bicyclic) bond motifs is 1. The molecule has 104 valence electrons. The molecule has 0 aromatic carbocycles. The molecule has 1 N–H and O–H groups in total. The first-order chi connectivity index (χ1) is 9.17. The summed E-state index contributed by atoms with van der Waals surface area (Å²) in [6.45, 7) is 10.6. The fourth-order valence-corrected chi connectivity index (χ4v) is 2.89. The minimum Gasteiger partial charge on any atom is -0.354 e. The van der Waals surface area contributed by atoms with E-state index in [-0.39, 0.29) is 0 Å². The van der Waals surface area contributed by atoms with E-state index in [1.807, 2.05) is 0 Å². The molecule has 0 atom stereocenters. The van der Waals surface area contributed by atoms with Crippen LogP contribution in [-0.2, 0) is 0 Å². The van der Waals surface area contributed by atoms with Crippen molar-refractivity contribution in [3.63, 3.8) is 0 Å². The van der Waals surface area contributed by atoms with Crippen molar-refractivity contribution in [2.75, 3.05) is 23.3 Å². The molecule has 0 unspecified atom stereocenters. The topological polar surface area (TPSA) is 41.1 Å². The Balaban J connectivity index is 2.46. The van der Waals surface area contributed by atoms with Crippen molar-refractivity contribution in [3.8, 4) is 0 Å². The summed E-state index contributed by atoms with van der Waals surface area (Å²) in [6.07, 6.45) is 1.07. The fraction of sp³-hybridized carbons (Fsp3) is 0.571. The molecule has 0 aliphatic rings. The second kappa shape index (κ2) is 6.19. The Morgan fingerprint density at radius 2 is 2.11 bits per heavy atom. The zero-order chi connectivity index (χ0) is 13.8. The lowest BCUT2D eigenvalue weighted by atomic mass is 10.2. The number of nitrogens with one attached hydrogen (secondary N) is 1. The third-order valence-electron chi connectivity index (χ3n) is 3.07. The highest BCUT2D eigenvalue weighted by atomic mass is 32.1. The Hall–Kier alpha value is -1.36. The average molecular weight is 278 g/mol. The van der Waals surface area contributed by atoms with Crippen molar-refractivity contribution in [1.29, 1.82) is 0 Å². The first kappa shape index (κ1) is 14.1. The van der Waals surface area contributed by atoms with Gasteiger partial charge in [0.1, 0.15) is 10.6 Å². The first-order valence-corrected chi connectivity index (χ1v) is 7.81. The van der Waals surface area contributed by atoms with Crippen molar-refractivity contribution in [2.24, 2.45) is 0 Å². The van der Waals surface area contributed by atoms with Gasteiger partial charge in [0.25, 0.3) is 0 Å². The van der Waals surface area contributed by atoms with Gasteiger partial charge in [0.15, 0.2) is 0 Å². The van der Waals surface area contributed by atoms with Crippen LogP contribution in [0.5, 0.6) is 0 Å². The van der Waals surface area contributed by atoms with Gasteiger partial charge in [-0.1, -0.05) is 6.92 Å². The predicted octanol–water partition coefficient (Wildman–Crippen LogP) is 3.75. The Labute approximate surface area is 118 Å². The molecule has 2 rings (SSSR count). The van der Waals surface area contributed by atoms with Crippen LogP contribution in [0.15, 0.2) is 11.4 Å². The van der Waals surface area contributed by atoms with E-state index in [0.717, 1.165) is 41.5 Å². The molecule has 2 heterocycles. The van der Waals surface area contributed by atoms with Crippen LogP contribution in [-0.4, -0.2) is 29.1 Å². The van der Waals surface area contributed by atoms with Gasteiger partial charge in [-0.15, -0.1) is 11.3 Å². The second-order valence-electron chi connectivity index (χ2n) is 4.82. The highest BCUT2D eigenvalue weighted by molar-refractivity contribution is 7.16. The van der Waals surface area contributed by atoms with E-state index in [9.17, 15) is 0 Å². The number of thiophene rings is 1. The summed E-state index contributed by atoms with van der Waals surface area (Å²) in [6, 6.07) is 2.55. The molecule has 4 nitrogen and oxygen atoms in total. The van der Waals surface area contributed by atoms with Crippen LogP contribution in [0.4, 0.5) is 11.8 Å². The minimum atomic E-state index is 0.432. The zero-order valence-electron chi connectivity index (χ0n) is 12.1. The van der Waals surface area contributed by atoms with Gasteiger partial charge in [0.2, 0.25) is 5.95 Å². The molecule has 0 bridgehead atoms. The van der Waals surface area contributed by atoms with E-state index < -0.39 is 0 Å². The molecule has 5 heteroatoms. The molecule has 0 aliphatic heterocycles. The molecular formula is C14H22N4S. The van der Waals surface area contributed by atoms with E-state index in [2.05, 4.69) is 54.3 Å². The van der Waals surface area contributed by atoms with Crippen molar-refractivity contribution in [3.05, 3.63) is 11.4 Å². The standard InChI is InChI=1S/C14H22N4S/c1-5-8-15-14-16-12(18(6-2)10(3)4)11-7-9-19-13(11)17-14/h7,9-10H,5-6,8H2,1-4H3,(H,15,16,17). The summed E-state index contributed by atoms with van der Waals surface area (Å²) >= 11 is 1.67. The average Bonchev–Trinajstić information content (AvgIpc) is 2.85. The molecule has 0 amide bonds. The van der Waals surface area contributed by atoms with Crippen molar-refractivity contribution in [2.45, 2.75) is 40.2 Å². The summed E-state index contributed by atoms with van der Waals surface area (Å²) in [5.41, 5.74) is 0. The third-order valence-corrected chi connectivity index (χ3v) is 3.88. The molecular weight excluding hydrogens is 256 g/mol. The van der Waals surface area contributed by atoms with Crippen LogP contribution >= 0.6 is 11.3 Å². The number of hydrogen-bond acceptors (Lipinski definition) is 5. The summed E-state index contributed by atoms with van der Waals surface area (Å²) in [5.74, 6) is 1.79. The van der Waals surface area contributed by atoms with Gasteiger partial charge in [-0.2, -0.15) is 4.98 Å². The predicted molar refractivity (Wildman–Crippen MR) is 84.4 cm³/mol. The Kier molecular flexibility index (Phi) is 4.58. The SMILES string of the molecule is CCCNc1nc(N(CC)C(C)C)c2ccsc2n1. The van der Waals surface area contributed by atoms with Crippen LogP contribution in [0, 0.1) is 0 Å². The minimum absolute atomic E-state index is 0.432. The van der Waals surface area contributed by atoms with Gasteiger partial charge in [-0.3, -0.25) is 0 Å². The summed E-state index contributed by atoms with van der Waals surface area (Å²) in [7, 11) is 0. The number of aromatic nitrogens is 2. The van der Waals surface area contributed by atoms with Crippen LogP contribution in [0.3, 0.4) is 0 Å². The van der Waals surface area contributed by atoms with E-state index in [4.69, 9.17) is 4.98 Å². The highest BCUT2D eigenvalue weighted by Crippen LogP contribution is 2.30. The highest BCUT2D eigenvalue weighted by Gasteiger charge is 2.16. The van der Waals surface area contributed by atoms with Gasteiger partial charge in [-0.25, -0.2) is 4.98 Å². The van der Waals surface area contributed by atoms with Crippen LogP contribution in [0.25, 0.3) is 10.2 Å². The number of hydrogen-bond donors (Lipinski definition) is 1. The first-order valence-electron chi connectivity index (χ1n) is 6.93. The summed E-state index contributed by atoms with van der Waals surface area (Å²) in [5, 5.41) is 6.53. The Bertz CT molecular complexity index is 535. The van der Waals surface area contributed by atoms with E-state index >= 15 is 0 Å². The van der Waals surface area contributed by atoms with Gasteiger partial charge in [-0.05, 0) is 38.6 Å². The zero-order valence-corrected chi connectivity index (χ0v) is 12.9. The molecule has 0 aliphatic carbocycles. The number of nitrogens with zero attached hydrogens (tertiary/aromatic N) is 3. The van der Waals surface area contributed by atoms with Crippen LogP contribution in [0.2, 0.25) is 0 Å². The molecule has 0 saturated heterocycles. The Morgan fingerprint density at radius 1 is 1.32 bits per heavy atom. The normalized spacial score (nSPS) is 11.2. The third kappa shape index (κ3) is 2.97. The van der Waals surface area contributed by atoms with Crippen molar-refractivity contribution in [1.82, 2.24) is 9.97 Å². The monoisotopic (exact) mass is 278 g/mol. The molecule has 0 radical (unpaired) electrons. The summed E-state index contributed by atoms with van der Waals surface area (Å²) in [4.78, 5) is 12.7. The molecule has 0 fully saturated rings. The van der Waals surface area contributed by atoms with Crippen molar-refractivity contribution < 1.29 is 0 Å². The van der Waals surface area contributed by atoms with Gasteiger partial charge >= 0.3 is 0 Å². The second-order valence-corrected chi connectivity index (χ2v) is 5.71. The molecule has 0 spiro atoms. The smallest absolute Gasteiger partial charge is 0.226 e. The lowest BCUT2D eigenvalue weighted by Gasteiger charge is -2.27. The van der Waals surface area contributed by atoms with Gasteiger partial charge < -0.3 is 10.2 Å². The van der Waals surface area contributed by atoms with E-state index in [1.54, 1.807) is 11.3 Å². The maximum absolute atomic E-state index is 4.71. The maximum Gasteiger partial charge on any atom is 0.226 e. The fourth-order valence-electron chi connectivity index (χ4n) is 2.13. The number of rotatable bonds is 6. The lowest BCUT2D eigenvalue weighted by Crippen LogP contribution is -2.31. The van der Waals surface area contributed by atoms with Gasteiger partial charge in [0.05, 0.1) is 5.39 Å². The molecule has 2 aromatic heterocycles. The Morgan fingerprint density at radius 3 is 2.74 bits per heavy atom. The maximum atomic E-state index is 4.71. The molecule has 2 aromatic rings. The lowest BCUT2D eigenvalue weighted by molar-refractivity contribution is 0.696. The van der Waals surface area contributed by atoms with Gasteiger partial charge in [0, 0.05) is 19.1 Å². The van der Waals surface area contributed by atoms with Crippen molar-refractivity contribution >= 4 is 33.3 Å². The largest absolute Gasteiger partial charge is 0.354 e. The molecule has 19 heavy (non-hydrogen) atoms. The van der Waals surface area contributed by atoms with Crippen LogP contribution < -0.4 is 10.2 Å². The van der Waals surface area contributed by atoms with E-state index in [1.165, 1.54) is 0 Å². The molecule has 0 saturated carbocycles. The quantitative estimate of drug-likeness (QED) is 0.873. The summed E-state index contributed by atoms with van der Waals surface area (Å²) < 4.78 is 0. The number of anilines is 2. The van der Waals surface area contributed by atoms with Crippen LogP contribution in [0.1, 0.15) is 34.1 Å². The van der Waals surface area contributed by atoms with E-state index in [0.29, 0.717) is 6.04 Å².